The monoisotopic (exact) mass is 344 g/mol. The van der Waals surface area contributed by atoms with Gasteiger partial charge >= 0.3 is 0 Å². The molecule has 0 aliphatic heterocycles. The van der Waals surface area contributed by atoms with Crippen molar-refractivity contribution in [3.63, 3.8) is 0 Å². The smallest absolute Gasteiger partial charge is 0.252 e. The van der Waals surface area contributed by atoms with Crippen molar-refractivity contribution < 1.29 is 8.78 Å². The van der Waals surface area contributed by atoms with Crippen LogP contribution in [0.25, 0.3) is 11.4 Å². The molecular weight excluding hydrogens is 326 g/mol. The van der Waals surface area contributed by atoms with Gasteiger partial charge in [-0.2, -0.15) is 0 Å². The quantitative estimate of drug-likeness (QED) is 0.759. The third-order valence-electron chi connectivity index (χ3n) is 4.61. The molecule has 0 spiro atoms. The van der Waals surface area contributed by atoms with Crippen molar-refractivity contribution in [1.82, 2.24) is 19.1 Å². The zero-order valence-corrected chi connectivity index (χ0v) is 13.4. The number of alkyl halides is 2. The fourth-order valence-electron chi connectivity index (χ4n) is 3.30. The second kappa shape index (κ2) is 5.47. The maximum absolute atomic E-state index is 13.2. The van der Waals surface area contributed by atoms with Crippen LogP contribution in [0.4, 0.5) is 8.78 Å². The Bertz CT molecular complexity index is 892. The van der Waals surface area contributed by atoms with Crippen molar-refractivity contribution in [2.24, 2.45) is 11.5 Å². The van der Waals surface area contributed by atoms with Crippen LogP contribution < -0.4 is 11.5 Å². The van der Waals surface area contributed by atoms with Gasteiger partial charge in [-0.1, -0.05) is 6.07 Å². The summed E-state index contributed by atoms with van der Waals surface area (Å²) in [4.78, 5) is 8.31. The maximum Gasteiger partial charge on any atom is 0.252 e. The van der Waals surface area contributed by atoms with Crippen molar-refractivity contribution >= 4 is 0 Å². The molecule has 1 aliphatic carbocycles. The zero-order valence-electron chi connectivity index (χ0n) is 13.4. The summed E-state index contributed by atoms with van der Waals surface area (Å²) in [5, 5.41) is 0. The molecule has 2 aromatic heterocycles. The molecule has 0 atom stereocenters. The summed E-state index contributed by atoms with van der Waals surface area (Å²) in [6.07, 6.45) is 7.79. The van der Waals surface area contributed by atoms with Crippen LogP contribution in [-0.4, -0.2) is 25.0 Å². The van der Waals surface area contributed by atoms with E-state index in [1.807, 2.05) is 29.0 Å². The van der Waals surface area contributed by atoms with Gasteiger partial charge in [-0.05, 0) is 17.7 Å². The average Bonchev–Trinajstić information content (AvgIpc) is 3.24. The molecule has 0 bridgehead atoms. The van der Waals surface area contributed by atoms with Crippen molar-refractivity contribution in [3.05, 3.63) is 60.7 Å². The maximum atomic E-state index is 13.2. The van der Waals surface area contributed by atoms with Crippen LogP contribution in [0.3, 0.4) is 0 Å². The van der Waals surface area contributed by atoms with E-state index in [4.69, 9.17) is 11.5 Å². The molecule has 2 heterocycles. The predicted octanol–water partition coefficient (Wildman–Crippen LogP) is 2.10. The SMILES string of the molecule is NCc1ccc(-n2cnc(C3(N)CC(F)(F)C3)c2)cc1-n1ccnc1. The molecule has 1 aromatic carbocycles. The highest BCUT2D eigenvalue weighted by molar-refractivity contribution is 5.50. The van der Waals surface area contributed by atoms with Gasteiger partial charge in [-0.3, -0.25) is 0 Å². The fraction of sp³-hybridized carbons (Fsp3) is 0.294. The zero-order chi connectivity index (χ0) is 17.7. The molecule has 4 N–H and O–H groups in total. The van der Waals surface area contributed by atoms with Crippen molar-refractivity contribution in [3.8, 4) is 11.4 Å². The minimum absolute atomic E-state index is 0.372. The lowest BCUT2D eigenvalue weighted by Crippen LogP contribution is -2.55. The number of imidazole rings is 2. The van der Waals surface area contributed by atoms with Gasteiger partial charge in [-0.25, -0.2) is 18.7 Å². The molecule has 130 valence electrons. The van der Waals surface area contributed by atoms with Crippen LogP contribution in [0.15, 0.2) is 49.4 Å². The Hall–Kier alpha value is -2.58. The first-order valence-electron chi connectivity index (χ1n) is 7.93. The highest BCUT2D eigenvalue weighted by atomic mass is 19.3. The molecule has 0 radical (unpaired) electrons. The molecule has 4 rings (SSSR count). The van der Waals surface area contributed by atoms with Gasteiger partial charge in [0.1, 0.15) is 0 Å². The highest BCUT2D eigenvalue weighted by Gasteiger charge is 2.56. The minimum Gasteiger partial charge on any atom is -0.326 e. The summed E-state index contributed by atoms with van der Waals surface area (Å²) in [7, 11) is 0. The van der Waals surface area contributed by atoms with E-state index in [1.165, 1.54) is 0 Å². The van der Waals surface area contributed by atoms with Crippen LogP contribution in [0.2, 0.25) is 0 Å². The molecule has 1 fully saturated rings. The van der Waals surface area contributed by atoms with Gasteiger partial charge < -0.3 is 20.6 Å². The molecule has 0 saturated heterocycles. The highest BCUT2D eigenvalue weighted by Crippen LogP contribution is 2.49. The Kier molecular flexibility index (Phi) is 3.48. The average molecular weight is 344 g/mol. The van der Waals surface area contributed by atoms with Crippen LogP contribution in [0.5, 0.6) is 0 Å². The Morgan fingerprint density at radius 1 is 1.16 bits per heavy atom. The number of aromatic nitrogens is 4. The van der Waals surface area contributed by atoms with Gasteiger partial charge in [0.2, 0.25) is 0 Å². The van der Waals surface area contributed by atoms with Gasteiger partial charge in [0.25, 0.3) is 5.92 Å². The Morgan fingerprint density at radius 2 is 1.96 bits per heavy atom. The second-order valence-electron chi connectivity index (χ2n) is 6.52. The van der Waals surface area contributed by atoms with Crippen molar-refractivity contribution in [2.75, 3.05) is 0 Å². The normalized spacial score (nSPS) is 18.1. The molecule has 25 heavy (non-hydrogen) atoms. The first kappa shape index (κ1) is 15.9. The Balaban J connectivity index is 1.68. The number of rotatable bonds is 4. The topological polar surface area (TPSA) is 87.7 Å². The van der Waals surface area contributed by atoms with Gasteiger partial charge in [-0.15, -0.1) is 0 Å². The van der Waals surface area contributed by atoms with E-state index in [0.717, 1.165) is 16.9 Å². The minimum atomic E-state index is -2.70. The van der Waals surface area contributed by atoms with Crippen molar-refractivity contribution in [1.29, 1.82) is 0 Å². The molecule has 0 unspecified atom stereocenters. The van der Waals surface area contributed by atoms with E-state index in [2.05, 4.69) is 9.97 Å². The van der Waals surface area contributed by atoms with E-state index in [1.54, 1.807) is 29.6 Å². The summed E-state index contributed by atoms with van der Waals surface area (Å²) in [5.41, 5.74) is 14.0. The molecule has 6 nitrogen and oxygen atoms in total. The van der Waals surface area contributed by atoms with E-state index in [-0.39, 0.29) is 12.8 Å². The van der Waals surface area contributed by atoms with Crippen LogP contribution in [-0.2, 0) is 12.1 Å². The van der Waals surface area contributed by atoms with Crippen LogP contribution in [0.1, 0.15) is 24.1 Å². The van der Waals surface area contributed by atoms with E-state index in [0.29, 0.717) is 12.2 Å². The summed E-state index contributed by atoms with van der Waals surface area (Å²) >= 11 is 0. The first-order valence-corrected chi connectivity index (χ1v) is 7.93. The summed E-state index contributed by atoms with van der Waals surface area (Å²) < 4.78 is 30.1. The molecular formula is C17H18F2N6. The lowest BCUT2D eigenvalue weighted by Gasteiger charge is -2.43. The number of hydrogen-bond acceptors (Lipinski definition) is 4. The lowest BCUT2D eigenvalue weighted by molar-refractivity contribution is -0.126. The number of nitrogens with two attached hydrogens (primary N) is 2. The lowest BCUT2D eigenvalue weighted by atomic mass is 9.72. The van der Waals surface area contributed by atoms with Gasteiger partial charge in [0, 0.05) is 43.7 Å². The summed E-state index contributed by atoms with van der Waals surface area (Å²) in [6.45, 7) is 0.393. The standard InChI is InChI=1S/C17H18F2N6/c18-17(19)8-16(21,9-17)15-7-25(11-23-15)13-2-1-12(6-20)14(5-13)24-4-3-22-10-24/h1-5,7,10-11H,6,8-9,20-21H2. The Labute approximate surface area is 143 Å². The largest absolute Gasteiger partial charge is 0.326 e. The van der Waals surface area contributed by atoms with Crippen LogP contribution in [0, 0.1) is 0 Å². The number of nitrogens with zero attached hydrogens (tertiary/aromatic N) is 4. The molecule has 3 aromatic rings. The van der Waals surface area contributed by atoms with Crippen LogP contribution >= 0.6 is 0 Å². The fourth-order valence-corrected chi connectivity index (χ4v) is 3.30. The van der Waals surface area contributed by atoms with Gasteiger partial charge in [0.05, 0.1) is 29.6 Å². The van der Waals surface area contributed by atoms with E-state index < -0.39 is 11.5 Å². The predicted molar refractivity (Wildman–Crippen MR) is 88.6 cm³/mol. The molecule has 1 aliphatic rings. The second-order valence-corrected chi connectivity index (χ2v) is 6.52. The Morgan fingerprint density at radius 3 is 2.60 bits per heavy atom. The molecule has 8 heteroatoms. The third kappa shape index (κ3) is 2.73. The van der Waals surface area contributed by atoms with E-state index >= 15 is 0 Å². The van der Waals surface area contributed by atoms with Gasteiger partial charge in [0.15, 0.2) is 0 Å². The van der Waals surface area contributed by atoms with E-state index in [9.17, 15) is 8.78 Å². The molecule has 0 amide bonds. The number of benzene rings is 1. The number of halogens is 2. The first-order chi connectivity index (χ1) is 11.9. The third-order valence-corrected chi connectivity index (χ3v) is 4.61. The molecule has 1 saturated carbocycles. The summed E-state index contributed by atoms with van der Waals surface area (Å²) in [6, 6.07) is 5.79. The number of hydrogen-bond donors (Lipinski definition) is 2. The summed E-state index contributed by atoms with van der Waals surface area (Å²) in [5.74, 6) is -2.70. The van der Waals surface area contributed by atoms with Crippen molar-refractivity contribution in [2.45, 2.75) is 30.8 Å².